The summed E-state index contributed by atoms with van der Waals surface area (Å²) in [7, 11) is 0. The van der Waals surface area contributed by atoms with E-state index in [-0.39, 0.29) is 5.91 Å². The van der Waals surface area contributed by atoms with E-state index in [0.717, 1.165) is 37.3 Å². The van der Waals surface area contributed by atoms with Crippen LogP contribution >= 0.6 is 11.8 Å². The number of carbonyl (C=O) groups is 1. The molecule has 0 aliphatic carbocycles. The van der Waals surface area contributed by atoms with Crippen LogP contribution in [-0.2, 0) is 11.3 Å². The van der Waals surface area contributed by atoms with Gasteiger partial charge in [0.15, 0.2) is 11.0 Å². The number of hydrogen-bond acceptors (Lipinski definition) is 6. The standard InChI is InChI=1S/C18H19N5O2S/c24-16(22-8-1-2-9-22)13-26-18-21-20-17(14-5-3-7-19-11-14)23(18)12-15-6-4-10-25-15/h3-7,10-11H,1-2,8-9,12-13H2. The Kier molecular flexibility index (Phi) is 5.01. The highest BCUT2D eigenvalue weighted by Crippen LogP contribution is 2.25. The van der Waals surface area contributed by atoms with Gasteiger partial charge < -0.3 is 9.32 Å². The van der Waals surface area contributed by atoms with Crippen LogP contribution in [0.4, 0.5) is 0 Å². The lowest BCUT2D eigenvalue weighted by Gasteiger charge is -2.14. The van der Waals surface area contributed by atoms with Crippen LogP contribution in [0.5, 0.6) is 0 Å². The molecule has 0 spiro atoms. The molecule has 134 valence electrons. The monoisotopic (exact) mass is 369 g/mol. The van der Waals surface area contributed by atoms with Crippen molar-refractivity contribution in [3.8, 4) is 11.4 Å². The average Bonchev–Trinajstić information content (AvgIpc) is 3.43. The number of thioether (sulfide) groups is 1. The fourth-order valence-corrected chi connectivity index (χ4v) is 3.83. The first kappa shape index (κ1) is 16.8. The molecule has 0 radical (unpaired) electrons. The van der Waals surface area contributed by atoms with E-state index < -0.39 is 0 Å². The van der Waals surface area contributed by atoms with E-state index in [4.69, 9.17) is 4.42 Å². The molecule has 1 saturated heterocycles. The van der Waals surface area contributed by atoms with Gasteiger partial charge in [0, 0.05) is 31.0 Å². The maximum absolute atomic E-state index is 12.3. The van der Waals surface area contributed by atoms with Crippen molar-refractivity contribution in [2.24, 2.45) is 0 Å². The maximum atomic E-state index is 12.3. The third-order valence-corrected chi connectivity index (χ3v) is 5.27. The Balaban J connectivity index is 1.57. The van der Waals surface area contributed by atoms with Gasteiger partial charge in [0.05, 0.1) is 18.6 Å². The number of furan rings is 1. The van der Waals surface area contributed by atoms with Crippen molar-refractivity contribution >= 4 is 17.7 Å². The number of carbonyl (C=O) groups excluding carboxylic acids is 1. The Morgan fingerprint density at radius 2 is 2.08 bits per heavy atom. The predicted molar refractivity (Wildman–Crippen MR) is 97.6 cm³/mol. The molecule has 0 atom stereocenters. The first-order valence-corrected chi connectivity index (χ1v) is 9.56. The molecule has 1 aliphatic heterocycles. The molecule has 0 aromatic carbocycles. The number of nitrogens with zero attached hydrogens (tertiary/aromatic N) is 5. The highest BCUT2D eigenvalue weighted by atomic mass is 32.2. The van der Waals surface area contributed by atoms with Gasteiger partial charge in [0.2, 0.25) is 5.91 Å². The van der Waals surface area contributed by atoms with Gasteiger partial charge >= 0.3 is 0 Å². The predicted octanol–water partition coefficient (Wildman–Crippen LogP) is 2.70. The number of hydrogen-bond donors (Lipinski definition) is 0. The van der Waals surface area contributed by atoms with Gasteiger partial charge in [-0.25, -0.2) is 0 Å². The van der Waals surface area contributed by atoms with Gasteiger partial charge in [-0.3, -0.25) is 14.3 Å². The molecule has 8 heteroatoms. The molecule has 0 N–H and O–H groups in total. The van der Waals surface area contributed by atoms with E-state index in [1.54, 1.807) is 18.7 Å². The number of pyridine rings is 1. The third kappa shape index (κ3) is 3.65. The molecular formula is C18H19N5O2S. The maximum Gasteiger partial charge on any atom is 0.233 e. The van der Waals surface area contributed by atoms with E-state index in [0.29, 0.717) is 23.3 Å². The van der Waals surface area contributed by atoms with E-state index >= 15 is 0 Å². The molecule has 3 aromatic heterocycles. The Bertz CT molecular complexity index is 857. The number of likely N-dealkylation sites (tertiary alicyclic amines) is 1. The lowest BCUT2D eigenvalue weighted by atomic mass is 10.2. The Hall–Kier alpha value is -2.61. The minimum atomic E-state index is 0.156. The SMILES string of the molecule is O=C(CSc1nnc(-c2cccnc2)n1Cc1ccco1)N1CCCC1. The molecule has 0 bridgehead atoms. The first-order chi connectivity index (χ1) is 12.8. The lowest BCUT2D eigenvalue weighted by molar-refractivity contribution is -0.127. The summed E-state index contributed by atoms with van der Waals surface area (Å²) in [5.41, 5.74) is 0.879. The summed E-state index contributed by atoms with van der Waals surface area (Å²) in [6, 6.07) is 7.58. The van der Waals surface area contributed by atoms with Crippen molar-refractivity contribution in [3.63, 3.8) is 0 Å². The minimum Gasteiger partial charge on any atom is -0.467 e. The van der Waals surface area contributed by atoms with Gasteiger partial charge in [-0.1, -0.05) is 11.8 Å². The van der Waals surface area contributed by atoms with E-state index in [1.165, 1.54) is 11.8 Å². The van der Waals surface area contributed by atoms with Crippen molar-refractivity contribution in [2.45, 2.75) is 24.5 Å². The van der Waals surface area contributed by atoms with Crippen molar-refractivity contribution < 1.29 is 9.21 Å². The second-order valence-electron chi connectivity index (χ2n) is 6.09. The normalized spacial score (nSPS) is 14.1. The average molecular weight is 369 g/mol. The lowest BCUT2D eigenvalue weighted by Crippen LogP contribution is -2.29. The minimum absolute atomic E-state index is 0.156. The second kappa shape index (κ2) is 7.74. The van der Waals surface area contributed by atoms with E-state index in [1.807, 2.05) is 33.7 Å². The van der Waals surface area contributed by atoms with E-state index in [2.05, 4.69) is 15.2 Å². The van der Waals surface area contributed by atoms with Gasteiger partial charge in [0.25, 0.3) is 0 Å². The molecule has 4 heterocycles. The van der Waals surface area contributed by atoms with Crippen LogP contribution in [0.3, 0.4) is 0 Å². The van der Waals surface area contributed by atoms with Gasteiger partial charge in [-0.05, 0) is 37.1 Å². The summed E-state index contributed by atoms with van der Waals surface area (Å²) >= 11 is 1.42. The quantitative estimate of drug-likeness (QED) is 0.622. The van der Waals surface area contributed by atoms with Crippen LogP contribution in [0, 0.1) is 0 Å². The summed E-state index contributed by atoms with van der Waals surface area (Å²) < 4.78 is 7.45. The summed E-state index contributed by atoms with van der Waals surface area (Å²) in [5.74, 6) is 2.04. The smallest absolute Gasteiger partial charge is 0.233 e. The topological polar surface area (TPSA) is 77.0 Å². The van der Waals surface area contributed by atoms with Crippen molar-refractivity contribution in [3.05, 3.63) is 48.7 Å². The van der Waals surface area contributed by atoms with Gasteiger partial charge in [0.1, 0.15) is 5.76 Å². The molecular weight excluding hydrogens is 350 g/mol. The van der Waals surface area contributed by atoms with Gasteiger partial charge in [-0.2, -0.15) is 0 Å². The summed E-state index contributed by atoms with van der Waals surface area (Å²) in [5, 5.41) is 9.34. The van der Waals surface area contributed by atoms with Crippen LogP contribution in [0.2, 0.25) is 0 Å². The fraction of sp³-hybridized carbons (Fsp3) is 0.333. The number of aromatic nitrogens is 4. The van der Waals surface area contributed by atoms with Gasteiger partial charge in [-0.15, -0.1) is 10.2 Å². The van der Waals surface area contributed by atoms with Crippen LogP contribution in [0.1, 0.15) is 18.6 Å². The zero-order valence-corrected chi connectivity index (χ0v) is 15.1. The fourth-order valence-electron chi connectivity index (χ4n) is 2.99. The highest BCUT2D eigenvalue weighted by molar-refractivity contribution is 7.99. The summed E-state index contributed by atoms with van der Waals surface area (Å²) in [6.45, 7) is 2.23. The molecule has 3 aromatic rings. The molecule has 7 nitrogen and oxygen atoms in total. The van der Waals surface area contributed by atoms with Crippen LogP contribution in [0.15, 0.2) is 52.5 Å². The van der Waals surface area contributed by atoms with Crippen LogP contribution < -0.4 is 0 Å². The number of amides is 1. The van der Waals surface area contributed by atoms with Crippen LogP contribution in [0.25, 0.3) is 11.4 Å². The summed E-state index contributed by atoms with van der Waals surface area (Å²) in [6.07, 6.45) is 7.31. The Morgan fingerprint density at radius 1 is 1.19 bits per heavy atom. The van der Waals surface area contributed by atoms with Crippen molar-refractivity contribution in [1.82, 2.24) is 24.6 Å². The Morgan fingerprint density at radius 3 is 2.81 bits per heavy atom. The molecule has 0 saturated carbocycles. The first-order valence-electron chi connectivity index (χ1n) is 8.58. The van der Waals surface area contributed by atoms with E-state index in [9.17, 15) is 4.79 Å². The Labute approximate surface area is 155 Å². The largest absolute Gasteiger partial charge is 0.467 e. The molecule has 0 unspecified atom stereocenters. The zero-order valence-electron chi connectivity index (χ0n) is 14.2. The molecule has 1 amide bonds. The van der Waals surface area contributed by atoms with Crippen molar-refractivity contribution in [1.29, 1.82) is 0 Å². The zero-order chi connectivity index (χ0) is 17.8. The highest BCUT2D eigenvalue weighted by Gasteiger charge is 2.21. The third-order valence-electron chi connectivity index (χ3n) is 4.31. The second-order valence-corrected chi connectivity index (χ2v) is 7.03. The van der Waals surface area contributed by atoms with Crippen molar-refractivity contribution in [2.75, 3.05) is 18.8 Å². The molecule has 1 fully saturated rings. The van der Waals surface area contributed by atoms with Crippen LogP contribution in [-0.4, -0.2) is 49.4 Å². The number of rotatable bonds is 6. The molecule has 1 aliphatic rings. The summed E-state index contributed by atoms with van der Waals surface area (Å²) in [4.78, 5) is 18.4. The molecule has 4 rings (SSSR count). The molecule has 26 heavy (non-hydrogen) atoms.